The third-order valence-corrected chi connectivity index (χ3v) is 7.54. The zero-order chi connectivity index (χ0) is 28.2. The van der Waals surface area contributed by atoms with Crippen LogP contribution in [0.2, 0.25) is 10.0 Å². The van der Waals surface area contributed by atoms with E-state index in [1.807, 2.05) is 85.8 Å². The molecular formula is C33H27Cl2NO4. The Balaban J connectivity index is 1.51. The summed E-state index contributed by atoms with van der Waals surface area (Å²) < 4.78 is 6.11. The van der Waals surface area contributed by atoms with Crippen LogP contribution in [-0.2, 0) is 29.0 Å². The lowest BCUT2D eigenvalue weighted by atomic mass is 10.00. The summed E-state index contributed by atoms with van der Waals surface area (Å²) >= 11 is 12.4. The van der Waals surface area contributed by atoms with Crippen molar-refractivity contribution in [1.82, 2.24) is 4.90 Å². The predicted octanol–water partition coefficient (Wildman–Crippen LogP) is 7.98. The molecule has 0 bridgehead atoms. The average molecular weight is 572 g/mol. The first-order chi connectivity index (χ1) is 19.3. The summed E-state index contributed by atoms with van der Waals surface area (Å²) in [5.74, 6) is -0.715. The zero-order valence-corrected chi connectivity index (χ0v) is 23.3. The number of hydrogen-bond donors (Lipinski definition) is 1. The molecule has 1 N–H and O–H groups in total. The predicted molar refractivity (Wildman–Crippen MR) is 159 cm³/mol. The summed E-state index contributed by atoms with van der Waals surface area (Å²) in [4.78, 5) is 27.8. The van der Waals surface area contributed by atoms with Gasteiger partial charge in [0.15, 0.2) is 0 Å². The van der Waals surface area contributed by atoms with Crippen molar-refractivity contribution >= 4 is 46.0 Å². The monoisotopic (exact) mass is 571 g/mol. The number of aryl methyl sites for hydroxylation is 1. The minimum Gasteiger partial charge on any atom is -0.480 e. The van der Waals surface area contributed by atoms with E-state index in [4.69, 9.17) is 27.6 Å². The van der Waals surface area contributed by atoms with Crippen LogP contribution in [-0.4, -0.2) is 27.9 Å². The van der Waals surface area contributed by atoms with Crippen molar-refractivity contribution < 1.29 is 19.1 Å². The Kier molecular flexibility index (Phi) is 8.24. The number of halogens is 2. The van der Waals surface area contributed by atoms with E-state index in [0.29, 0.717) is 21.4 Å². The van der Waals surface area contributed by atoms with E-state index in [9.17, 15) is 14.7 Å². The second-order valence-electron chi connectivity index (χ2n) is 9.78. The van der Waals surface area contributed by atoms with Crippen molar-refractivity contribution in [3.8, 4) is 11.3 Å². The zero-order valence-electron chi connectivity index (χ0n) is 21.8. The molecular weight excluding hydrogens is 545 g/mol. The summed E-state index contributed by atoms with van der Waals surface area (Å²) in [6.45, 7) is 2.09. The van der Waals surface area contributed by atoms with E-state index >= 15 is 0 Å². The molecule has 0 fully saturated rings. The molecule has 1 aromatic heterocycles. The van der Waals surface area contributed by atoms with Crippen LogP contribution >= 0.6 is 23.2 Å². The summed E-state index contributed by atoms with van der Waals surface area (Å²) in [5.41, 5.74) is 4.87. The Labute approximate surface area is 242 Å². The first kappa shape index (κ1) is 27.5. The third-order valence-electron chi connectivity index (χ3n) is 6.96. The van der Waals surface area contributed by atoms with Crippen LogP contribution in [0.5, 0.6) is 0 Å². The average Bonchev–Trinajstić information content (AvgIpc) is 3.37. The van der Waals surface area contributed by atoms with Crippen LogP contribution in [0.15, 0.2) is 101 Å². The minimum absolute atomic E-state index is 0.0587. The van der Waals surface area contributed by atoms with Gasteiger partial charge in [0.2, 0.25) is 5.91 Å². The maximum Gasteiger partial charge on any atom is 0.326 e. The van der Waals surface area contributed by atoms with Gasteiger partial charge in [-0.05, 0) is 59.5 Å². The van der Waals surface area contributed by atoms with Crippen molar-refractivity contribution in [1.29, 1.82) is 0 Å². The third kappa shape index (κ3) is 6.22. The number of carbonyl (C=O) groups is 2. The highest BCUT2D eigenvalue weighted by atomic mass is 35.5. The quantitative estimate of drug-likeness (QED) is 0.194. The molecule has 0 aliphatic heterocycles. The molecule has 0 aliphatic rings. The Morgan fingerprint density at radius 3 is 2.35 bits per heavy atom. The number of carboxylic acid groups (broad SMARTS) is 1. The Morgan fingerprint density at radius 1 is 0.875 bits per heavy atom. The number of fused-ring (bicyclic) bond motifs is 1. The van der Waals surface area contributed by atoms with Crippen LogP contribution < -0.4 is 0 Å². The maximum absolute atomic E-state index is 13.8. The highest BCUT2D eigenvalue weighted by molar-refractivity contribution is 6.35. The van der Waals surface area contributed by atoms with Gasteiger partial charge in [0.1, 0.15) is 17.4 Å². The molecule has 1 atom stereocenters. The molecule has 202 valence electrons. The molecule has 5 aromatic rings. The van der Waals surface area contributed by atoms with E-state index in [1.54, 1.807) is 18.2 Å². The fourth-order valence-electron chi connectivity index (χ4n) is 4.81. The van der Waals surface area contributed by atoms with Crippen LogP contribution in [0.25, 0.3) is 22.3 Å². The summed E-state index contributed by atoms with van der Waals surface area (Å²) in [7, 11) is 0. The van der Waals surface area contributed by atoms with Crippen LogP contribution in [0.3, 0.4) is 0 Å². The standard InChI is InChI=1S/C33H27Cl2NO4/c1-21-11-12-23(15-27(21)31-17-25-9-5-6-10-30(25)40-31)20-36(29(33(38)39)16-22-7-3-2-4-8-22)32(37)18-24-13-14-26(34)19-28(24)35/h2-15,17,19,29H,16,18,20H2,1H3,(H,38,39)/t29-/m0/s1. The minimum atomic E-state index is -1.09. The molecule has 5 rings (SSSR count). The van der Waals surface area contributed by atoms with Gasteiger partial charge in [-0.1, -0.05) is 89.9 Å². The number of carbonyl (C=O) groups excluding carboxylic acids is 1. The van der Waals surface area contributed by atoms with Crippen LogP contribution in [0.4, 0.5) is 0 Å². The van der Waals surface area contributed by atoms with Crippen LogP contribution in [0, 0.1) is 6.92 Å². The van der Waals surface area contributed by atoms with Gasteiger partial charge in [-0.15, -0.1) is 0 Å². The number of nitrogens with zero attached hydrogens (tertiary/aromatic N) is 1. The number of para-hydroxylation sites is 1. The van der Waals surface area contributed by atoms with Crippen molar-refractivity contribution in [2.24, 2.45) is 0 Å². The molecule has 1 heterocycles. The number of furan rings is 1. The largest absolute Gasteiger partial charge is 0.480 e. The van der Waals surface area contributed by atoms with Gasteiger partial charge in [-0.25, -0.2) is 4.79 Å². The van der Waals surface area contributed by atoms with E-state index in [-0.39, 0.29) is 25.3 Å². The van der Waals surface area contributed by atoms with Gasteiger partial charge in [0, 0.05) is 34.0 Å². The smallest absolute Gasteiger partial charge is 0.326 e. The van der Waals surface area contributed by atoms with E-state index < -0.39 is 12.0 Å². The van der Waals surface area contributed by atoms with Gasteiger partial charge >= 0.3 is 5.97 Å². The van der Waals surface area contributed by atoms with E-state index in [2.05, 4.69) is 0 Å². The van der Waals surface area contributed by atoms with Crippen LogP contribution in [0.1, 0.15) is 22.3 Å². The lowest BCUT2D eigenvalue weighted by molar-refractivity contribution is -0.150. The first-order valence-electron chi connectivity index (χ1n) is 12.9. The molecule has 5 nitrogen and oxygen atoms in total. The Bertz CT molecular complexity index is 1650. The van der Waals surface area contributed by atoms with Gasteiger partial charge in [-0.3, -0.25) is 4.79 Å². The molecule has 0 radical (unpaired) electrons. The van der Waals surface area contributed by atoms with Gasteiger partial charge in [0.05, 0.1) is 6.42 Å². The van der Waals surface area contributed by atoms with E-state index in [1.165, 1.54) is 4.90 Å². The van der Waals surface area contributed by atoms with Gasteiger partial charge in [-0.2, -0.15) is 0 Å². The molecule has 0 spiro atoms. The fraction of sp³-hybridized carbons (Fsp3) is 0.152. The number of benzene rings is 4. The summed E-state index contributed by atoms with van der Waals surface area (Å²) in [6, 6.07) is 28.8. The van der Waals surface area contributed by atoms with Crippen molar-refractivity contribution in [2.75, 3.05) is 0 Å². The lowest BCUT2D eigenvalue weighted by Gasteiger charge is -2.30. The molecule has 0 saturated heterocycles. The lowest BCUT2D eigenvalue weighted by Crippen LogP contribution is -2.46. The van der Waals surface area contributed by atoms with Gasteiger partial charge < -0.3 is 14.4 Å². The summed E-state index contributed by atoms with van der Waals surface area (Å²) in [6.07, 6.45) is 0.107. The second-order valence-corrected chi connectivity index (χ2v) is 10.6. The Morgan fingerprint density at radius 2 is 1.62 bits per heavy atom. The van der Waals surface area contributed by atoms with Crippen molar-refractivity contribution in [3.05, 3.63) is 129 Å². The van der Waals surface area contributed by atoms with Crippen molar-refractivity contribution in [2.45, 2.75) is 32.4 Å². The fourth-order valence-corrected chi connectivity index (χ4v) is 5.29. The first-order valence-corrected chi connectivity index (χ1v) is 13.6. The van der Waals surface area contributed by atoms with E-state index in [0.717, 1.165) is 33.2 Å². The highest BCUT2D eigenvalue weighted by Crippen LogP contribution is 2.31. The highest BCUT2D eigenvalue weighted by Gasteiger charge is 2.30. The molecule has 40 heavy (non-hydrogen) atoms. The molecule has 0 aliphatic carbocycles. The topological polar surface area (TPSA) is 70.8 Å². The summed E-state index contributed by atoms with van der Waals surface area (Å²) in [5, 5.41) is 12.1. The number of hydrogen-bond acceptors (Lipinski definition) is 3. The normalized spacial score (nSPS) is 11.9. The maximum atomic E-state index is 13.8. The molecule has 4 aromatic carbocycles. The Hall–Kier alpha value is -4.06. The van der Waals surface area contributed by atoms with Gasteiger partial charge in [0.25, 0.3) is 0 Å². The number of carboxylic acids is 1. The van der Waals surface area contributed by atoms with Crippen molar-refractivity contribution in [3.63, 3.8) is 0 Å². The molecule has 0 unspecified atom stereocenters. The molecule has 1 amide bonds. The number of rotatable bonds is 9. The molecule has 7 heteroatoms. The second kappa shape index (κ2) is 12.0. The SMILES string of the molecule is Cc1ccc(CN(C(=O)Cc2ccc(Cl)cc2Cl)[C@@H](Cc2ccccc2)C(=O)O)cc1-c1cc2ccccc2o1. The number of aliphatic carboxylic acids is 1. The molecule has 0 saturated carbocycles. The number of amides is 1.